The highest BCUT2D eigenvalue weighted by atomic mass is 79.9. The lowest BCUT2D eigenvalue weighted by Gasteiger charge is -2.03. The van der Waals surface area contributed by atoms with E-state index < -0.39 is 5.97 Å². The van der Waals surface area contributed by atoms with Gasteiger partial charge in [-0.1, -0.05) is 45.8 Å². The molecule has 3 aromatic rings. The predicted molar refractivity (Wildman–Crippen MR) is 118 cm³/mol. The van der Waals surface area contributed by atoms with Crippen LogP contribution in [0.25, 0.3) is 6.08 Å². The van der Waals surface area contributed by atoms with Gasteiger partial charge in [-0.25, -0.2) is 4.79 Å². The molecule has 3 aromatic carbocycles. The highest BCUT2D eigenvalue weighted by molar-refractivity contribution is 9.10. The van der Waals surface area contributed by atoms with Gasteiger partial charge in [0, 0.05) is 16.8 Å². The fourth-order valence-electron chi connectivity index (χ4n) is 2.60. The van der Waals surface area contributed by atoms with Gasteiger partial charge in [-0.15, -0.1) is 0 Å². The molecule has 0 fully saturated rings. The van der Waals surface area contributed by atoms with Crippen LogP contribution in [0.3, 0.4) is 0 Å². The van der Waals surface area contributed by atoms with E-state index in [1.807, 2.05) is 55.5 Å². The molecule has 3 rings (SSSR count). The molecule has 0 aliphatic heterocycles. The molecule has 4 heteroatoms. The number of esters is 1. The Morgan fingerprint density at radius 1 is 0.929 bits per heavy atom. The van der Waals surface area contributed by atoms with E-state index in [1.54, 1.807) is 24.4 Å². The van der Waals surface area contributed by atoms with E-state index in [9.17, 15) is 4.79 Å². The quantitative estimate of drug-likeness (QED) is 0.201. The van der Waals surface area contributed by atoms with Gasteiger partial charge in [-0.2, -0.15) is 0 Å². The first-order valence-electron chi connectivity index (χ1n) is 8.86. The van der Waals surface area contributed by atoms with Gasteiger partial charge in [-0.05, 0) is 79.1 Å². The van der Waals surface area contributed by atoms with Gasteiger partial charge in [0.25, 0.3) is 0 Å². The fourth-order valence-corrected chi connectivity index (χ4v) is 2.87. The number of carbonyl (C=O) groups excluding carboxylic acids is 1. The average molecular weight is 434 g/mol. The molecule has 0 heterocycles. The first-order valence-corrected chi connectivity index (χ1v) is 9.66. The van der Waals surface area contributed by atoms with Crippen molar-refractivity contribution in [3.63, 3.8) is 0 Å². The zero-order valence-electron chi connectivity index (χ0n) is 15.7. The summed E-state index contributed by atoms with van der Waals surface area (Å²) >= 11 is 3.38. The molecule has 28 heavy (non-hydrogen) atoms. The molecule has 140 valence electrons. The molecule has 0 aliphatic carbocycles. The number of ether oxygens (including phenoxy) is 1. The molecule has 0 saturated heterocycles. The molecule has 0 amide bonds. The molecule has 0 aliphatic rings. The topological polar surface area (TPSA) is 38.7 Å². The van der Waals surface area contributed by atoms with Crippen molar-refractivity contribution in [3.05, 3.63) is 99.5 Å². The summed E-state index contributed by atoms with van der Waals surface area (Å²) in [6.45, 7) is 4.11. The molecule has 0 atom stereocenters. The van der Waals surface area contributed by atoms with Gasteiger partial charge in [0.2, 0.25) is 0 Å². The van der Waals surface area contributed by atoms with Gasteiger partial charge < -0.3 is 4.74 Å². The van der Waals surface area contributed by atoms with Crippen LogP contribution in [0, 0.1) is 13.8 Å². The van der Waals surface area contributed by atoms with Gasteiger partial charge in [-0.3, -0.25) is 4.99 Å². The Balaban J connectivity index is 1.60. The molecule has 0 radical (unpaired) electrons. The zero-order valence-corrected chi connectivity index (χ0v) is 17.3. The smallest absolute Gasteiger partial charge is 0.336 e. The van der Waals surface area contributed by atoms with Crippen molar-refractivity contribution in [3.8, 4) is 5.75 Å². The van der Waals surface area contributed by atoms with Gasteiger partial charge in [0.1, 0.15) is 5.75 Å². The van der Waals surface area contributed by atoms with Gasteiger partial charge in [0.05, 0.1) is 5.69 Å². The summed E-state index contributed by atoms with van der Waals surface area (Å²) in [5.41, 5.74) is 5.17. The third-order valence-corrected chi connectivity index (χ3v) is 4.61. The Morgan fingerprint density at radius 2 is 1.61 bits per heavy atom. The number of rotatable bonds is 5. The van der Waals surface area contributed by atoms with E-state index in [0.717, 1.165) is 26.9 Å². The Bertz CT molecular complexity index is 1020. The Morgan fingerprint density at radius 3 is 2.29 bits per heavy atom. The Kier molecular flexibility index (Phi) is 6.56. The standard InChI is InChI=1S/C24H20BrNO2/c1-17-3-13-23(18(2)15-17)26-16-20-6-11-22(12-7-20)28-24(27)14-8-19-4-9-21(25)10-5-19/h3-16H,1-2H3/b14-8+,26-16?. The van der Waals surface area contributed by atoms with E-state index in [1.165, 1.54) is 11.6 Å². The summed E-state index contributed by atoms with van der Waals surface area (Å²) in [6.07, 6.45) is 4.94. The van der Waals surface area contributed by atoms with Gasteiger partial charge >= 0.3 is 5.97 Å². The van der Waals surface area contributed by atoms with Crippen LogP contribution in [-0.4, -0.2) is 12.2 Å². The van der Waals surface area contributed by atoms with Crippen molar-refractivity contribution < 1.29 is 9.53 Å². The lowest BCUT2D eigenvalue weighted by molar-refractivity contribution is -0.128. The van der Waals surface area contributed by atoms with Crippen LogP contribution in [0.15, 0.2) is 82.3 Å². The van der Waals surface area contributed by atoms with Crippen LogP contribution in [0.2, 0.25) is 0 Å². The number of hydrogen-bond donors (Lipinski definition) is 0. The van der Waals surface area contributed by atoms with E-state index >= 15 is 0 Å². The van der Waals surface area contributed by atoms with Crippen molar-refractivity contribution in [1.29, 1.82) is 0 Å². The summed E-state index contributed by atoms with van der Waals surface area (Å²) in [4.78, 5) is 16.5. The summed E-state index contributed by atoms with van der Waals surface area (Å²) in [5.74, 6) is 0.0775. The largest absolute Gasteiger partial charge is 0.423 e. The lowest BCUT2D eigenvalue weighted by atomic mass is 10.1. The Hall–Kier alpha value is -2.98. The van der Waals surface area contributed by atoms with E-state index in [-0.39, 0.29) is 0 Å². The van der Waals surface area contributed by atoms with Crippen molar-refractivity contribution in [2.75, 3.05) is 0 Å². The third-order valence-electron chi connectivity index (χ3n) is 4.09. The van der Waals surface area contributed by atoms with Crippen LogP contribution in [0.4, 0.5) is 5.69 Å². The summed E-state index contributed by atoms with van der Waals surface area (Å²) < 4.78 is 6.32. The minimum absolute atomic E-state index is 0.417. The number of aliphatic imine (C=N–C) groups is 1. The second-order valence-corrected chi connectivity index (χ2v) is 7.34. The number of hydrogen-bond acceptors (Lipinski definition) is 3. The molecular weight excluding hydrogens is 414 g/mol. The highest BCUT2D eigenvalue weighted by Gasteiger charge is 2.01. The van der Waals surface area contributed by atoms with Crippen LogP contribution in [0.1, 0.15) is 22.3 Å². The normalized spacial score (nSPS) is 11.2. The Labute approximate surface area is 173 Å². The SMILES string of the molecule is Cc1ccc(N=Cc2ccc(OC(=O)/C=C/c3ccc(Br)cc3)cc2)c(C)c1. The summed E-state index contributed by atoms with van der Waals surface area (Å²) in [7, 11) is 0. The third kappa shape index (κ3) is 5.76. The lowest BCUT2D eigenvalue weighted by Crippen LogP contribution is -2.03. The van der Waals surface area contributed by atoms with E-state index in [4.69, 9.17) is 4.74 Å². The number of halogens is 1. The molecule has 3 nitrogen and oxygen atoms in total. The van der Waals surface area contributed by atoms with E-state index in [2.05, 4.69) is 33.9 Å². The molecule has 0 saturated carbocycles. The maximum absolute atomic E-state index is 12.0. The first kappa shape index (κ1) is 19.8. The molecule has 0 N–H and O–H groups in total. The zero-order chi connectivity index (χ0) is 19.9. The second kappa shape index (κ2) is 9.29. The number of nitrogens with zero attached hydrogens (tertiary/aromatic N) is 1. The van der Waals surface area contributed by atoms with Crippen molar-refractivity contribution in [2.45, 2.75) is 13.8 Å². The fraction of sp³-hybridized carbons (Fsp3) is 0.0833. The first-order chi connectivity index (χ1) is 13.5. The molecule has 0 aromatic heterocycles. The van der Waals surface area contributed by atoms with Crippen molar-refractivity contribution in [2.24, 2.45) is 4.99 Å². The average Bonchev–Trinajstić information content (AvgIpc) is 2.68. The number of carbonyl (C=O) groups is 1. The second-order valence-electron chi connectivity index (χ2n) is 6.42. The minimum atomic E-state index is -0.417. The molecular formula is C24H20BrNO2. The molecule has 0 spiro atoms. The summed E-state index contributed by atoms with van der Waals surface area (Å²) in [6, 6.07) is 21.1. The molecule has 0 bridgehead atoms. The minimum Gasteiger partial charge on any atom is -0.423 e. The van der Waals surface area contributed by atoms with Crippen LogP contribution in [-0.2, 0) is 4.79 Å². The monoisotopic (exact) mass is 433 g/mol. The highest BCUT2D eigenvalue weighted by Crippen LogP contribution is 2.20. The predicted octanol–water partition coefficient (Wildman–Crippen LogP) is 6.44. The van der Waals surface area contributed by atoms with Gasteiger partial charge in [0.15, 0.2) is 0 Å². The molecule has 0 unspecified atom stereocenters. The maximum Gasteiger partial charge on any atom is 0.336 e. The van der Waals surface area contributed by atoms with Crippen molar-refractivity contribution in [1.82, 2.24) is 0 Å². The van der Waals surface area contributed by atoms with Crippen molar-refractivity contribution >= 4 is 39.9 Å². The number of benzene rings is 3. The number of aryl methyl sites for hydroxylation is 2. The maximum atomic E-state index is 12.0. The van der Waals surface area contributed by atoms with Crippen LogP contribution in [0.5, 0.6) is 5.75 Å². The van der Waals surface area contributed by atoms with Crippen LogP contribution >= 0.6 is 15.9 Å². The van der Waals surface area contributed by atoms with Crippen LogP contribution < -0.4 is 4.74 Å². The summed E-state index contributed by atoms with van der Waals surface area (Å²) in [5, 5.41) is 0. The van der Waals surface area contributed by atoms with E-state index in [0.29, 0.717) is 5.75 Å².